The Morgan fingerprint density at radius 2 is 1.64 bits per heavy atom. The highest BCUT2D eigenvalue weighted by Crippen LogP contribution is 2.67. The summed E-state index contributed by atoms with van der Waals surface area (Å²) in [7, 11) is 3.18. The van der Waals surface area contributed by atoms with Crippen molar-refractivity contribution in [2.45, 2.75) is 75.7 Å². The van der Waals surface area contributed by atoms with Crippen LogP contribution in [0.4, 0.5) is 0 Å². The second-order valence-electron chi connectivity index (χ2n) is 14.7. The molecule has 11 nitrogen and oxygen atoms in total. The van der Waals surface area contributed by atoms with E-state index in [-0.39, 0.29) is 23.6 Å². The standard InChI is InChI=1S/C40H41Cl2N5O6/c1-51-35-22(16-43-18-24-10-14-33(48)45-24)9-12-31(46-35)29-8-4-7-28(34(29)42)25-5-3-6-27-26(25)11-13-32(27)53-37-30(41)15-23(36(47-37)52-2)17-44-40-19-39(20-40,21-40)38(49)50/h3-9,12,15,24,32,43-44H,10-11,13-14,16-21H2,1-2H3,(H,45,48)(H,49,50)/t24-,32-,39?,40?/m0/s1. The van der Waals surface area contributed by atoms with Crippen molar-refractivity contribution in [1.82, 2.24) is 25.9 Å². The fraction of sp³-hybridized carbons (Fsp3) is 0.400. The fourth-order valence-corrected chi connectivity index (χ4v) is 9.11. The molecule has 0 unspecified atom stereocenters. The van der Waals surface area contributed by atoms with Gasteiger partial charge in [0.05, 0.1) is 30.4 Å². The second-order valence-corrected chi connectivity index (χ2v) is 15.5. The summed E-state index contributed by atoms with van der Waals surface area (Å²) in [6.45, 7) is 1.70. The third kappa shape index (κ3) is 6.58. The predicted molar refractivity (Wildman–Crippen MR) is 201 cm³/mol. The first-order valence-corrected chi connectivity index (χ1v) is 18.7. The summed E-state index contributed by atoms with van der Waals surface area (Å²) >= 11 is 13.9. The van der Waals surface area contributed by atoms with Crippen LogP contribution >= 0.6 is 23.2 Å². The summed E-state index contributed by atoms with van der Waals surface area (Å²) < 4.78 is 17.8. The van der Waals surface area contributed by atoms with Crippen molar-refractivity contribution in [3.63, 3.8) is 0 Å². The van der Waals surface area contributed by atoms with Gasteiger partial charge in [-0.05, 0) is 67.3 Å². The van der Waals surface area contributed by atoms with Crippen LogP contribution in [0.2, 0.25) is 10.0 Å². The molecular formula is C40H41Cl2N5O6. The molecule has 4 aliphatic carbocycles. The first-order valence-electron chi connectivity index (χ1n) is 17.9. The van der Waals surface area contributed by atoms with Crippen LogP contribution in [0.1, 0.15) is 66.9 Å². The molecule has 1 amide bonds. The number of carboxylic acid groups (broad SMARTS) is 1. The van der Waals surface area contributed by atoms with Gasteiger partial charge in [-0.2, -0.15) is 4.98 Å². The number of carbonyl (C=O) groups is 2. The number of ether oxygens (including phenoxy) is 3. The van der Waals surface area contributed by atoms with Crippen molar-refractivity contribution in [3.8, 4) is 40.0 Å². The van der Waals surface area contributed by atoms with E-state index in [1.807, 2.05) is 42.5 Å². The molecule has 9 rings (SSSR count). The summed E-state index contributed by atoms with van der Waals surface area (Å²) in [6.07, 6.45) is 4.58. The highest BCUT2D eigenvalue weighted by Gasteiger charge is 2.71. The lowest BCUT2D eigenvalue weighted by molar-refractivity contribution is -0.199. The van der Waals surface area contributed by atoms with Gasteiger partial charge in [0, 0.05) is 59.9 Å². The number of carboxylic acids is 1. The number of methoxy groups -OCH3 is 2. The van der Waals surface area contributed by atoms with E-state index in [1.54, 1.807) is 14.2 Å². The largest absolute Gasteiger partial charge is 0.481 e. The van der Waals surface area contributed by atoms with Crippen LogP contribution < -0.4 is 30.2 Å². The number of nitrogens with zero attached hydrogens (tertiary/aromatic N) is 2. The number of fused-ring (bicyclic) bond motifs is 1. The van der Waals surface area contributed by atoms with E-state index in [0.29, 0.717) is 78.7 Å². The number of amides is 1. The van der Waals surface area contributed by atoms with Crippen molar-refractivity contribution in [2.24, 2.45) is 5.41 Å². The number of benzene rings is 2. The van der Waals surface area contributed by atoms with Crippen LogP contribution in [0.15, 0.2) is 54.6 Å². The van der Waals surface area contributed by atoms with Crippen LogP contribution in [0.25, 0.3) is 22.4 Å². The number of rotatable bonds is 14. The van der Waals surface area contributed by atoms with Gasteiger partial charge in [0.1, 0.15) is 11.1 Å². The third-order valence-electron chi connectivity index (χ3n) is 11.3. The van der Waals surface area contributed by atoms with Crippen molar-refractivity contribution in [2.75, 3.05) is 20.8 Å². The lowest BCUT2D eigenvalue weighted by atomic mass is 9.39. The van der Waals surface area contributed by atoms with Gasteiger partial charge >= 0.3 is 5.97 Å². The Hall–Kier alpha value is -4.42. The summed E-state index contributed by atoms with van der Waals surface area (Å²) in [6, 6.07) is 18.1. The number of carbonyl (C=O) groups excluding carboxylic acids is 1. The zero-order chi connectivity index (χ0) is 36.9. The minimum absolute atomic E-state index is 0.0998. The first-order chi connectivity index (χ1) is 25.6. The first kappa shape index (κ1) is 35.6. The number of nitrogens with one attached hydrogen (secondary N) is 3. The number of hydrogen-bond acceptors (Lipinski definition) is 9. The lowest BCUT2D eigenvalue weighted by Gasteiger charge is -2.68. The van der Waals surface area contributed by atoms with Gasteiger partial charge < -0.3 is 35.3 Å². The number of hydrogen-bond donors (Lipinski definition) is 4. The molecule has 0 spiro atoms. The average Bonchev–Trinajstić information content (AvgIpc) is 3.73. The molecule has 0 radical (unpaired) electrons. The van der Waals surface area contributed by atoms with Crippen LogP contribution in [0, 0.1) is 5.41 Å². The molecule has 4 N–H and O–H groups in total. The number of halogens is 2. The molecule has 1 aliphatic heterocycles. The Labute approximate surface area is 317 Å². The van der Waals surface area contributed by atoms with Crippen LogP contribution in [0.3, 0.4) is 0 Å². The third-order valence-corrected chi connectivity index (χ3v) is 12.0. The topological polar surface area (TPSA) is 144 Å². The molecule has 2 aromatic carbocycles. The predicted octanol–water partition coefficient (Wildman–Crippen LogP) is 6.67. The van der Waals surface area contributed by atoms with Gasteiger partial charge in [0.25, 0.3) is 0 Å². The van der Waals surface area contributed by atoms with E-state index in [0.717, 1.165) is 58.2 Å². The molecular weight excluding hydrogens is 717 g/mol. The Kier molecular flexibility index (Phi) is 9.47. The van der Waals surface area contributed by atoms with Gasteiger partial charge in [-0.15, -0.1) is 0 Å². The van der Waals surface area contributed by atoms with Crippen molar-refractivity contribution in [1.29, 1.82) is 0 Å². The van der Waals surface area contributed by atoms with E-state index >= 15 is 0 Å². The maximum Gasteiger partial charge on any atom is 0.309 e. The van der Waals surface area contributed by atoms with E-state index < -0.39 is 11.4 Å². The zero-order valence-corrected chi connectivity index (χ0v) is 31.1. The molecule has 3 heterocycles. The van der Waals surface area contributed by atoms with Gasteiger partial charge in [0.2, 0.25) is 23.5 Å². The van der Waals surface area contributed by atoms with Gasteiger partial charge in [-0.1, -0.05) is 65.7 Å². The van der Waals surface area contributed by atoms with Crippen LogP contribution in [-0.2, 0) is 29.1 Å². The molecule has 3 saturated carbocycles. The van der Waals surface area contributed by atoms with Crippen molar-refractivity contribution >= 4 is 35.1 Å². The van der Waals surface area contributed by atoms with Crippen LogP contribution in [0.5, 0.6) is 17.6 Å². The number of pyridine rings is 2. The summed E-state index contributed by atoms with van der Waals surface area (Å²) in [5, 5.41) is 20.3. The minimum atomic E-state index is -0.708. The molecule has 13 heteroatoms. The SMILES string of the molecule is COc1nc(-c2cccc(-c3cccc4c3CC[C@@H]4Oc3nc(OC)c(CNC45CC(C(=O)O)(C4)C5)cc3Cl)c2Cl)ccc1CNC[C@@H]1CCC(=O)N1. The van der Waals surface area contributed by atoms with Gasteiger partial charge in [-0.25, -0.2) is 4.98 Å². The molecule has 4 aromatic rings. The average molecular weight is 759 g/mol. The zero-order valence-electron chi connectivity index (χ0n) is 29.6. The summed E-state index contributed by atoms with van der Waals surface area (Å²) in [5.74, 6) is 0.628. The highest BCUT2D eigenvalue weighted by molar-refractivity contribution is 6.36. The van der Waals surface area contributed by atoms with E-state index in [9.17, 15) is 14.7 Å². The minimum Gasteiger partial charge on any atom is -0.481 e. The molecule has 4 fully saturated rings. The second kappa shape index (κ2) is 14.1. The van der Waals surface area contributed by atoms with Crippen molar-refractivity contribution in [3.05, 3.63) is 86.9 Å². The Bertz CT molecular complexity index is 2090. The number of aliphatic carboxylic acids is 1. The van der Waals surface area contributed by atoms with E-state index in [2.05, 4.69) is 33.1 Å². The van der Waals surface area contributed by atoms with E-state index in [1.165, 1.54) is 0 Å². The lowest BCUT2D eigenvalue weighted by Crippen LogP contribution is -2.76. The normalized spacial score (nSPS) is 23.8. The summed E-state index contributed by atoms with van der Waals surface area (Å²) in [5.41, 5.74) is 6.66. The Morgan fingerprint density at radius 1 is 0.906 bits per heavy atom. The molecule has 53 heavy (non-hydrogen) atoms. The number of aromatic nitrogens is 2. The molecule has 2 atom stereocenters. The Morgan fingerprint density at radius 3 is 2.38 bits per heavy atom. The monoisotopic (exact) mass is 757 g/mol. The fourth-order valence-electron chi connectivity index (χ4n) is 8.57. The quantitative estimate of drug-likeness (QED) is 0.110. The van der Waals surface area contributed by atoms with Gasteiger partial charge in [-0.3, -0.25) is 9.59 Å². The Balaban J connectivity index is 0.976. The van der Waals surface area contributed by atoms with E-state index in [4.69, 9.17) is 42.4 Å². The molecule has 276 valence electrons. The smallest absolute Gasteiger partial charge is 0.309 e. The molecule has 1 saturated heterocycles. The van der Waals surface area contributed by atoms with Crippen molar-refractivity contribution < 1.29 is 28.9 Å². The highest BCUT2D eigenvalue weighted by atomic mass is 35.5. The van der Waals surface area contributed by atoms with Gasteiger partial charge in [0.15, 0.2) is 0 Å². The molecule has 2 aromatic heterocycles. The molecule has 5 aliphatic rings. The molecule has 2 bridgehead atoms. The maximum atomic E-state index is 11.5. The summed E-state index contributed by atoms with van der Waals surface area (Å²) in [4.78, 5) is 32.5. The maximum absolute atomic E-state index is 11.5. The van der Waals surface area contributed by atoms with Crippen LogP contribution in [-0.4, -0.2) is 59.3 Å².